The lowest BCUT2D eigenvalue weighted by molar-refractivity contribution is 0.0827. The lowest BCUT2D eigenvalue weighted by Crippen LogP contribution is -2.21. The van der Waals surface area contributed by atoms with Gasteiger partial charge >= 0.3 is 0 Å². The van der Waals surface area contributed by atoms with Crippen LogP contribution in [0, 0.1) is 6.92 Å². The topological polar surface area (TPSA) is 46.3 Å². The molecule has 0 bridgehead atoms. The van der Waals surface area contributed by atoms with Crippen molar-refractivity contribution in [2.24, 2.45) is 0 Å². The predicted molar refractivity (Wildman–Crippen MR) is 84.2 cm³/mol. The third-order valence-corrected chi connectivity index (χ3v) is 3.95. The number of anilines is 1. The summed E-state index contributed by atoms with van der Waals surface area (Å²) in [4.78, 5) is 15.6. The van der Waals surface area contributed by atoms with E-state index in [0.29, 0.717) is 11.3 Å². The summed E-state index contributed by atoms with van der Waals surface area (Å²) in [5.41, 5.74) is 8.55. The largest absolute Gasteiger partial charge is 0.398 e. The van der Waals surface area contributed by atoms with Gasteiger partial charge in [-0.15, -0.1) is 0 Å². The van der Waals surface area contributed by atoms with E-state index < -0.39 is 0 Å². The van der Waals surface area contributed by atoms with Crippen LogP contribution in [0.2, 0.25) is 0 Å². The number of nitrogen functional groups attached to an aromatic ring is 1. The number of benzene rings is 2. The second-order valence-electron chi connectivity index (χ2n) is 4.87. The van der Waals surface area contributed by atoms with Crippen LogP contribution in [0.5, 0.6) is 0 Å². The van der Waals surface area contributed by atoms with Crippen molar-refractivity contribution in [2.75, 3.05) is 19.8 Å². The first kappa shape index (κ1) is 14.5. The summed E-state index contributed by atoms with van der Waals surface area (Å²) in [6, 6.07) is 13.6. The molecule has 2 N–H and O–H groups in total. The van der Waals surface area contributed by atoms with Gasteiger partial charge in [-0.3, -0.25) is 4.79 Å². The molecule has 3 nitrogen and oxygen atoms in total. The molecule has 2 aromatic rings. The van der Waals surface area contributed by atoms with Crippen molar-refractivity contribution in [3.05, 3.63) is 53.6 Å². The van der Waals surface area contributed by atoms with Gasteiger partial charge in [-0.25, -0.2) is 0 Å². The van der Waals surface area contributed by atoms with Gasteiger partial charge in [0.05, 0.1) is 0 Å². The van der Waals surface area contributed by atoms with Crippen LogP contribution in [-0.4, -0.2) is 24.9 Å². The minimum Gasteiger partial charge on any atom is -0.398 e. The number of hydrogen-bond acceptors (Lipinski definition) is 3. The summed E-state index contributed by atoms with van der Waals surface area (Å²) in [5.74, 6) is -0.0175. The Morgan fingerprint density at radius 3 is 2.55 bits per heavy atom. The monoisotopic (exact) mass is 286 g/mol. The number of carbonyl (C=O) groups excluding carboxylic acids is 1. The van der Waals surface area contributed by atoms with E-state index in [2.05, 4.69) is 19.1 Å². The van der Waals surface area contributed by atoms with E-state index >= 15 is 0 Å². The summed E-state index contributed by atoms with van der Waals surface area (Å²) in [6.07, 6.45) is 0. The molecule has 0 heterocycles. The van der Waals surface area contributed by atoms with Crippen LogP contribution in [0.4, 0.5) is 5.69 Å². The van der Waals surface area contributed by atoms with Crippen LogP contribution in [0.25, 0.3) is 0 Å². The van der Waals surface area contributed by atoms with Crippen molar-refractivity contribution in [3.8, 4) is 0 Å². The van der Waals surface area contributed by atoms with Crippen LogP contribution >= 0.6 is 11.8 Å². The Morgan fingerprint density at radius 2 is 1.90 bits per heavy atom. The van der Waals surface area contributed by atoms with Gasteiger partial charge in [-0.1, -0.05) is 29.5 Å². The summed E-state index contributed by atoms with van der Waals surface area (Å²) >= 11 is 1.58. The predicted octanol–water partition coefficient (Wildman–Crippen LogP) is 3.43. The summed E-state index contributed by atoms with van der Waals surface area (Å²) in [6.45, 7) is 2.05. The maximum absolute atomic E-state index is 12.0. The molecule has 0 unspecified atom stereocenters. The molecule has 1 amide bonds. The van der Waals surface area contributed by atoms with Gasteiger partial charge in [0, 0.05) is 35.1 Å². The summed E-state index contributed by atoms with van der Waals surface area (Å²) in [7, 11) is 3.48. The van der Waals surface area contributed by atoms with Crippen LogP contribution in [0.3, 0.4) is 0 Å². The van der Waals surface area contributed by atoms with E-state index in [-0.39, 0.29) is 5.91 Å². The first-order valence-electron chi connectivity index (χ1n) is 6.33. The zero-order chi connectivity index (χ0) is 14.7. The zero-order valence-corrected chi connectivity index (χ0v) is 12.7. The minimum absolute atomic E-state index is 0.0175. The maximum atomic E-state index is 12.0. The average molecular weight is 286 g/mol. The van der Waals surface area contributed by atoms with Crippen molar-refractivity contribution in [1.29, 1.82) is 0 Å². The van der Waals surface area contributed by atoms with Gasteiger partial charge in [-0.2, -0.15) is 0 Å². The average Bonchev–Trinajstić information content (AvgIpc) is 2.40. The number of aryl methyl sites for hydroxylation is 1. The first-order chi connectivity index (χ1) is 9.47. The van der Waals surface area contributed by atoms with E-state index in [1.807, 2.05) is 18.2 Å². The summed E-state index contributed by atoms with van der Waals surface area (Å²) < 4.78 is 0. The normalized spacial score (nSPS) is 10.3. The standard InChI is InChI=1S/C16H18N2OS/c1-11-5-4-6-13(9-11)20-15-10-12(7-8-14(15)17)16(19)18(2)3/h4-10H,17H2,1-3H3. The molecule has 0 saturated carbocycles. The van der Waals surface area contributed by atoms with E-state index in [1.54, 1.807) is 42.9 Å². The molecule has 2 aromatic carbocycles. The van der Waals surface area contributed by atoms with Gasteiger partial charge in [0.15, 0.2) is 0 Å². The molecule has 0 aliphatic rings. The number of carbonyl (C=O) groups is 1. The van der Waals surface area contributed by atoms with Gasteiger partial charge in [0.1, 0.15) is 0 Å². The van der Waals surface area contributed by atoms with Crippen molar-refractivity contribution >= 4 is 23.4 Å². The molecule has 2 rings (SSSR count). The van der Waals surface area contributed by atoms with Gasteiger partial charge in [-0.05, 0) is 37.3 Å². The lowest BCUT2D eigenvalue weighted by atomic mass is 10.2. The fraction of sp³-hybridized carbons (Fsp3) is 0.188. The number of amides is 1. The highest BCUT2D eigenvalue weighted by Crippen LogP contribution is 2.33. The molecule has 4 heteroatoms. The number of hydrogen-bond donors (Lipinski definition) is 1. The Kier molecular flexibility index (Phi) is 4.35. The fourth-order valence-corrected chi connectivity index (χ4v) is 2.84. The third kappa shape index (κ3) is 3.33. The molecule has 0 aliphatic heterocycles. The number of rotatable bonds is 3. The number of nitrogens with zero attached hydrogens (tertiary/aromatic N) is 1. The van der Waals surface area contributed by atoms with Crippen molar-refractivity contribution in [2.45, 2.75) is 16.7 Å². The molecular weight excluding hydrogens is 268 g/mol. The Morgan fingerprint density at radius 1 is 1.15 bits per heavy atom. The molecule has 0 spiro atoms. The second-order valence-corrected chi connectivity index (χ2v) is 5.99. The Balaban J connectivity index is 2.32. The van der Waals surface area contributed by atoms with Crippen LogP contribution in [0.1, 0.15) is 15.9 Å². The molecule has 0 fully saturated rings. The van der Waals surface area contributed by atoms with Crippen molar-refractivity contribution in [1.82, 2.24) is 4.90 Å². The van der Waals surface area contributed by atoms with Crippen molar-refractivity contribution < 1.29 is 4.79 Å². The van der Waals surface area contributed by atoms with E-state index in [0.717, 1.165) is 9.79 Å². The lowest BCUT2D eigenvalue weighted by Gasteiger charge is -2.12. The summed E-state index contributed by atoms with van der Waals surface area (Å²) in [5, 5.41) is 0. The fourth-order valence-electron chi connectivity index (χ4n) is 1.82. The highest BCUT2D eigenvalue weighted by molar-refractivity contribution is 7.99. The third-order valence-electron chi connectivity index (χ3n) is 2.88. The van der Waals surface area contributed by atoms with Crippen LogP contribution < -0.4 is 5.73 Å². The first-order valence-corrected chi connectivity index (χ1v) is 7.14. The number of nitrogens with two attached hydrogens (primary N) is 1. The van der Waals surface area contributed by atoms with Gasteiger partial charge in [0.25, 0.3) is 5.91 Å². The smallest absolute Gasteiger partial charge is 0.253 e. The zero-order valence-electron chi connectivity index (χ0n) is 11.9. The molecule has 0 aromatic heterocycles. The highest BCUT2D eigenvalue weighted by atomic mass is 32.2. The SMILES string of the molecule is Cc1cccc(Sc2cc(C(=O)N(C)C)ccc2N)c1. The molecule has 0 saturated heterocycles. The molecule has 104 valence electrons. The highest BCUT2D eigenvalue weighted by Gasteiger charge is 2.11. The Bertz CT molecular complexity index is 638. The minimum atomic E-state index is -0.0175. The molecule has 0 atom stereocenters. The van der Waals surface area contributed by atoms with Gasteiger partial charge < -0.3 is 10.6 Å². The molecule has 0 aliphatic carbocycles. The van der Waals surface area contributed by atoms with Crippen LogP contribution in [-0.2, 0) is 0 Å². The Labute approximate surface area is 123 Å². The molecular formula is C16H18N2OS. The maximum Gasteiger partial charge on any atom is 0.253 e. The quantitative estimate of drug-likeness (QED) is 0.879. The molecule has 0 radical (unpaired) electrons. The van der Waals surface area contributed by atoms with Crippen molar-refractivity contribution in [3.63, 3.8) is 0 Å². The van der Waals surface area contributed by atoms with E-state index in [9.17, 15) is 4.79 Å². The van der Waals surface area contributed by atoms with Crippen LogP contribution in [0.15, 0.2) is 52.3 Å². The van der Waals surface area contributed by atoms with E-state index in [4.69, 9.17) is 5.73 Å². The Hall–Kier alpha value is -1.94. The van der Waals surface area contributed by atoms with Gasteiger partial charge in [0.2, 0.25) is 0 Å². The molecule has 20 heavy (non-hydrogen) atoms. The van der Waals surface area contributed by atoms with E-state index in [1.165, 1.54) is 5.56 Å². The second kappa shape index (κ2) is 6.01.